The van der Waals surface area contributed by atoms with Gasteiger partial charge in [0.05, 0.1) is 17.3 Å². The first-order valence-electron chi connectivity index (χ1n) is 8.84. The summed E-state index contributed by atoms with van der Waals surface area (Å²) in [7, 11) is 1.88. The Balaban J connectivity index is 1.51. The Morgan fingerprint density at radius 2 is 2.00 bits per heavy atom. The summed E-state index contributed by atoms with van der Waals surface area (Å²) >= 11 is 0. The highest BCUT2D eigenvalue weighted by atomic mass is 16.1. The lowest BCUT2D eigenvalue weighted by molar-refractivity contribution is 0.102. The molecule has 4 rings (SSSR count). The number of hydrogen-bond donors (Lipinski definition) is 3. The van der Waals surface area contributed by atoms with Gasteiger partial charge in [-0.25, -0.2) is 0 Å². The molecule has 1 amide bonds. The molecule has 7 heteroatoms. The fourth-order valence-electron chi connectivity index (χ4n) is 3.03. The highest BCUT2D eigenvalue weighted by Gasteiger charge is 2.12. The molecule has 0 radical (unpaired) electrons. The predicted molar refractivity (Wildman–Crippen MR) is 109 cm³/mol. The average molecular weight is 373 g/mol. The number of aryl methyl sites for hydroxylation is 1. The molecule has 140 valence electrons. The second-order valence-electron chi connectivity index (χ2n) is 6.46. The fraction of sp³-hybridized carbons (Fsp3) is 0.0952. The standard InChI is InChI=1S/C21H19N5O2/c1-26-19-8-7-16(10-15(19)13-24-26)25-21(28)17-4-2-3-5-18(17)22-11-14-6-9-20(27)23-12-14/h2-10,12-13,22H,11H2,1H3,(H,23,27)(H,25,28). The second-order valence-corrected chi connectivity index (χ2v) is 6.46. The second kappa shape index (κ2) is 7.40. The number of nitrogens with one attached hydrogen (secondary N) is 3. The Kier molecular flexibility index (Phi) is 4.63. The predicted octanol–water partition coefficient (Wildman–Crippen LogP) is 3.13. The maximum atomic E-state index is 12.8. The van der Waals surface area contributed by atoms with Crippen molar-refractivity contribution < 1.29 is 4.79 Å². The summed E-state index contributed by atoms with van der Waals surface area (Å²) in [6.45, 7) is 0.489. The van der Waals surface area contributed by atoms with Crippen LogP contribution < -0.4 is 16.2 Å². The smallest absolute Gasteiger partial charge is 0.257 e. The van der Waals surface area contributed by atoms with E-state index < -0.39 is 0 Å². The number of carbonyl (C=O) groups excluding carboxylic acids is 1. The molecule has 2 heterocycles. The Morgan fingerprint density at radius 3 is 2.82 bits per heavy atom. The third-order valence-corrected chi connectivity index (χ3v) is 4.51. The van der Waals surface area contributed by atoms with Gasteiger partial charge < -0.3 is 15.6 Å². The largest absolute Gasteiger partial charge is 0.380 e. The molecular weight excluding hydrogens is 354 g/mol. The molecule has 0 aliphatic rings. The van der Waals surface area contributed by atoms with Crippen LogP contribution in [-0.4, -0.2) is 20.7 Å². The minimum absolute atomic E-state index is 0.144. The molecule has 7 nitrogen and oxygen atoms in total. The van der Waals surface area contributed by atoms with Crippen LogP contribution in [0.5, 0.6) is 0 Å². The van der Waals surface area contributed by atoms with Crippen LogP contribution >= 0.6 is 0 Å². The van der Waals surface area contributed by atoms with Crippen molar-refractivity contribution in [1.29, 1.82) is 0 Å². The summed E-state index contributed by atoms with van der Waals surface area (Å²) in [6.07, 6.45) is 3.42. The number of rotatable bonds is 5. The first-order valence-corrected chi connectivity index (χ1v) is 8.84. The summed E-state index contributed by atoms with van der Waals surface area (Å²) < 4.78 is 1.79. The molecule has 0 bridgehead atoms. The van der Waals surface area contributed by atoms with Crippen LogP contribution in [0.2, 0.25) is 0 Å². The fourth-order valence-corrected chi connectivity index (χ4v) is 3.03. The Hall–Kier alpha value is -3.87. The van der Waals surface area contributed by atoms with Crippen LogP contribution in [-0.2, 0) is 13.6 Å². The number of H-pyrrole nitrogens is 1. The monoisotopic (exact) mass is 373 g/mol. The minimum atomic E-state index is -0.201. The van der Waals surface area contributed by atoms with E-state index in [4.69, 9.17) is 0 Å². The molecule has 4 aromatic rings. The molecule has 0 aliphatic heterocycles. The van der Waals surface area contributed by atoms with E-state index in [9.17, 15) is 9.59 Å². The Bertz CT molecular complexity index is 1190. The SMILES string of the molecule is Cn1ncc2cc(NC(=O)c3ccccc3NCc3ccc(=O)[nH]c3)ccc21. The quantitative estimate of drug-likeness (QED) is 0.501. The Morgan fingerprint density at radius 1 is 1.14 bits per heavy atom. The van der Waals surface area contributed by atoms with Gasteiger partial charge >= 0.3 is 0 Å². The molecular formula is C21H19N5O2. The van der Waals surface area contributed by atoms with Crippen molar-refractivity contribution in [1.82, 2.24) is 14.8 Å². The summed E-state index contributed by atoms with van der Waals surface area (Å²) in [5.74, 6) is -0.201. The molecule has 0 spiro atoms. The molecule has 0 atom stereocenters. The van der Waals surface area contributed by atoms with Gasteiger partial charge in [-0.1, -0.05) is 18.2 Å². The summed E-state index contributed by atoms with van der Waals surface area (Å²) in [4.78, 5) is 26.6. The molecule has 0 saturated heterocycles. The number of aromatic amines is 1. The van der Waals surface area contributed by atoms with Gasteiger partial charge in [-0.05, 0) is 35.9 Å². The van der Waals surface area contributed by atoms with Gasteiger partial charge in [-0.2, -0.15) is 5.10 Å². The number of anilines is 2. The number of fused-ring (bicyclic) bond motifs is 1. The van der Waals surface area contributed by atoms with Crippen molar-refractivity contribution >= 4 is 28.2 Å². The average Bonchev–Trinajstić information content (AvgIpc) is 3.08. The molecule has 3 N–H and O–H groups in total. The van der Waals surface area contributed by atoms with E-state index >= 15 is 0 Å². The number of carbonyl (C=O) groups is 1. The minimum Gasteiger partial charge on any atom is -0.380 e. The van der Waals surface area contributed by atoms with E-state index in [2.05, 4.69) is 20.7 Å². The third kappa shape index (κ3) is 3.64. The van der Waals surface area contributed by atoms with E-state index in [0.29, 0.717) is 23.5 Å². The highest BCUT2D eigenvalue weighted by molar-refractivity contribution is 6.08. The molecule has 0 aliphatic carbocycles. The van der Waals surface area contributed by atoms with Crippen LogP contribution in [0.1, 0.15) is 15.9 Å². The maximum Gasteiger partial charge on any atom is 0.257 e. The molecule has 28 heavy (non-hydrogen) atoms. The number of pyridine rings is 1. The van der Waals surface area contributed by atoms with E-state index in [1.807, 2.05) is 43.4 Å². The zero-order chi connectivity index (χ0) is 19.5. The highest BCUT2D eigenvalue weighted by Crippen LogP contribution is 2.21. The number of aromatic nitrogens is 3. The van der Waals surface area contributed by atoms with E-state index in [0.717, 1.165) is 16.5 Å². The number of nitrogens with zero attached hydrogens (tertiary/aromatic N) is 2. The number of benzene rings is 2. The lowest BCUT2D eigenvalue weighted by Crippen LogP contribution is -2.15. The van der Waals surface area contributed by atoms with E-state index in [1.165, 1.54) is 6.07 Å². The van der Waals surface area contributed by atoms with Gasteiger partial charge in [-0.3, -0.25) is 14.3 Å². The zero-order valence-corrected chi connectivity index (χ0v) is 15.3. The summed E-state index contributed by atoms with van der Waals surface area (Å²) in [5, 5.41) is 11.4. The van der Waals surface area contributed by atoms with Gasteiger partial charge in [0.2, 0.25) is 5.56 Å². The zero-order valence-electron chi connectivity index (χ0n) is 15.3. The Labute approximate surface area is 161 Å². The van der Waals surface area contributed by atoms with Crippen LogP contribution in [0.3, 0.4) is 0 Å². The molecule has 2 aromatic carbocycles. The van der Waals surface area contributed by atoms with Crippen LogP contribution in [0.4, 0.5) is 11.4 Å². The number of amides is 1. The van der Waals surface area contributed by atoms with Crippen LogP contribution in [0.25, 0.3) is 10.9 Å². The topological polar surface area (TPSA) is 91.8 Å². The van der Waals surface area contributed by atoms with Crippen molar-refractivity contribution in [2.45, 2.75) is 6.54 Å². The molecule has 0 unspecified atom stereocenters. The van der Waals surface area contributed by atoms with Gasteiger partial charge in [0.1, 0.15) is 0 Å². The van der Waals surface area contributed by atoms with E-state index in [1.54, 1.807) is 29.2 Å². The maximum absolute atomic E-state index is 12.8. The van der Waals surface area contributed by atoms with Crippen molar-refractivity contribution in [3.05, 3.63) is 88.5 Å². The third-order valence-electron chi connectivity index (χ3n) is 4.51. The summed E-state index contributed by atoms with van der Waals surface area (Å²) in [6, 6.07) is 16.2. The van der Waals surface area contributed by atoms with E-state index in [-0.39, 0.29) is 11.5 Å². The summed E-state index contributed by atoms with van der Waals surface area (Å²) in [5.41, 5.74) is 3.74. The van der Waals surface area contributed by atoms with Gasteiger partial charge in [0.15, 0.2) is 0 Å². The van der Waals surface area contributed by atoms with Crippen molar-refractivity contribution in [3.8, 4) is 0 Å². The number of hydrogen-bond acceptors (Lipinski definition) is 4. The van der Waals surface area contributed by atoms with Crippen LogP contribution in [0, 0.1) is 0 Å². The molecule has 0 fully saturated rings. The molecule has 0 saturated carbocycles. The van der Waals surface area contributed by atoms with Gasteiger partial charge in [0.25, 0.3) is 5.91 Å². The first kappa shape index (κ1) is 17.5. The van der Waals surface area contributed by atoms with Gasteiger partial charge in [0, 0.05) is 42.6 Å². The van der Waals surface area contributed by atoms with Crippen molar-refractivity contribution in [2.75, 3.05) is 10.6 Å². The lowest BCUT2D eigenvalue weighted by Gasteiger charge is -2.12. The molecule has 2 aromatic heterocycles. The number of para-hydroxylation sites is 1. The van der Waals surface area contributed by atoms with Gasteiger partial charge in [-0.15, -0.1) is 0 Å². The first-order chi connectivity index (χ1) is 13.6. The van der Waals surface area contributed by atoms with Crippen LogP contribution in [0.15, 0.2) is 71.8 Å². The van der Waals surface area contributed by atoms with Crippen molar-refractivity contribution in [2.24, 2.45) is 7.05 Å². The van der Waals surface area contributed by atoms with Crippen molar-refractivity contribution in [3.63, 3.8) is 0 Å². The lowest BCUT2D eigenvalue weighted by atomic mass is 10.1. The normalized spacial score (nSPS) is 10.8.